The second-order valence-corrected chi connectivity index (χ2v) is 3.50. The fraction of sp³-hybridized carbons (Fsp3) is 0.909. The van der Waals surface area contributed by atoms with Gasteiger partial charge in [-0.3, -0.25) is 4.79 Å². The smallest absolute Gasteiger partial charge is 0.219 e. The van der Waals surface area contributed by atoms with Crippen LogP contribution in [0.3, 0.4) is 0 Å². The van der Waals surface area contributed by atoms with Crippen LogP contribution >= 0.6 is 0 Å². The van der Waals surface area contributed by atoms with Crippen molar-refractivity contribution in [3.05, 3.63) is 0 Å². The Hall–Kier alpha value is -0.610. The van der Waals surface area contributed by atoms with Crippen molar-refractivity contribution in [1.29, 1.82) is 0 Å². The van der Waals surface area contributed by atoms with Crippen molar-refractivity contribution in [2.75, 3.05) is 26.4 Å². The molecule has 0 heterocycles. The second kappa shape index (κ2) is 11.5. The number of hydrogen-bond donors (Lipinski definition) is 2. The molecule has 0 aliphatic rings. The van der Waals surface area contributed by atoms with Crippen molar-refractivity contribution in [1.82, 2.24) is 5.32 Å². The van der Waals surface area contributed by atoms with Gasteiger partial charge in [-0.25, -0.2) is 0 Å². The molecule has 0 aliphatic heterocycles. The molecule has 0 aromatic carbocycles. The van der Waals surface area contributed by atoms with Gasteiger partial charge in [0.05, 0.1) is 13.2 Å². The van der Waals surface area contributed by atoms with Crippen LogP contribution in [-0.4, -0.2) is 37.4 Å². The Morgan fingerprint density at radius 2 is 2.07 bits per heavy atom. The van der Waals surface area contributed by atoms with Crippen LogP contribution < -0.4 is 5.32 Å². The molecule has 0 aromatic rings. The van der Waals surface area contributed by atoms with Gasteiger partial charge in [0.25, 0.3) is 0 Å². The molecule has 0 radical (unpaired) electrons. The molecule has 0 saturated carbocycles. The molecule has 1 amide bonds. The number of nitrogens with one attached hydrogen (secondary N) is 1. The van der Waals surface area contributed by atoms with Gasteiger partial charge in [-0.1, -0.05) is 19.8 Å². The largest absolute Gasteiger partial charge is 0.394 e. The average Bonchev–Trinajstić information content (AvgIpc) is 2.23. The van der Waals surface area contributed by atoms with Crippen LogP contribution in [0.15, 0.2) is 0 Å². The standard InChI is InChI=1S/C11H23NO3/c1-2-3-4-6-11(14)12-7-5-9-15-10-8-13/h13H,2-10H2,1H3,(H,12,14). The van der Waals surface area contributed by atoms with E-state index in [1.807, 2.05) is 0 Å². The highest BCUT2D eigenvalue weighted by Crippen LogP contribution is 1.98. The van der Waals surface area contributed by atoms with E-state index in [0.29, 0.717) is 26.2 Å². The Balaban J connectivity index is 3.10. The fourth-order valence-corrected chi connectivity index (χ4v) is 1.19. The van der Waals surface area contributed by atoms with Crippen molar-refractivity contribution < 1.29 is 14.6 Å². The predicted molar refractivity (Wildman–Crippen MR) is 59.7 cm³/mol. The van der Waals surface area contributed by atoms with Gasteiger partial charge < -0.3 is 15.2 Å². The molecule has 0 aliphatic carbocycles. The summed E-state index contributed by atoms with van der Waals surface area (Å²) in [6.07, 6.45) is 4.67. The summed E-state index contributed by atoms with van der Waals surface area (Å²) in [7, 11) is 0. The lowest BCUT2D eigenvalue weighted by atomic mass is 10.2. The molecule has 2 N–H and O–H groups in total. The van der Waals surface area contributed by atoms with E-state index >= 15 is 0 Å². The number of carbonyl (C=O) groups is 1. The fourth-order valence-electron chi connectivity index (χ4n) is 1.19. The van der Waals surface area contributed by atoms with Crippen LogP contribution in [-0.2, 0) is 9.53 Å². The summed E-state index contributed by atoms with van der Waals surface area (Å²) < 4.78 is 5.06. The quantitative estimate of drug-likeness (QED) is 0.538. The average molecular weight is 217 g/mol. The molecule has 0 unspecified atom stereocenters. The number of ether oxygens (including phenoxy) is 1. The SMILES string of the molecule is CCCCCC(=O)NCCCOCCO. The lowest BCUT2D eigenvalue weighted by Crippen LogP contribution is -2.25. The number of aliphatic hydroxyl groups is 1. The molecule has 0 fully saturated rings. The molecule has 0 aromatic heterocycles. The van der Waals surface area contributed by atoms with Crippen molar-refractivity contribution >= 4 is 5.91 Å². The highest BCUT2D eigenvalue weighted by atomic mass is 16.5. The summed E-state index contributed by atoms with van der Waals surface area (Å²) in [5.41, 5.74) is 0. The van der Waals surface area contributed by atoms with E-state index < -0.39 is 0 Å². The zero-order chi connectivity index (χ0) is 11.4. The maximum Gasteiger partial charge on any atom is 0.219 e. The maximum absolute atomic E-state index is 11.2. The first-order chi connectivity index (χ1) is 7.31. The van der Waals surface area contributed by atoms with Crippen LogP contribution in [0.1, 0.15) is 39.0 Å². The zero-order valence-corrected chi connectivity index (χ0v) is 9.63. The minimum atomic E-state index is 0.0589. The number of aliphatic hydroxyl groups excluding tert-OH is 1. The third kappa shape index (κ3) is 11.3. The van der Waals surface area contributed by atoms with E-state index in [1.54, 1.807) is 0 Å². The molecule has 90 valence electrons. The minimum Gasteiger partial charge on any atom is -0.394 e. The Morgan fingerprint density at radius 3 is 2.73 bits per heavy atom. The molecule has 4 nitrogen and oxygen atoms in total. The zero-order valence-electron chi connectivity index (χ0n) is 9.63. The minimum absolute atomic E-state index is 0.0589. The van der Waals surface area contributed by atoms with Crippen LogP contribution in [0.5, 0.6) is 0 Å². The third-order valence-electron chi connectivity index (χ3n) is 2.03. The Bertz CT molecular complexity index is 151. The van der Waals surface area contributed by atoms with Gasteiger partial charge in [0.1, 0.15) is 0 Å². The van der Waals surface area contributed by atoms with Gasteiger partial charge >= 0.3 is 0 Å². The van der Waals surface area contributed by atoms with Crippen molar-refractivity contribution in [2.24, 2.45) is 0 Å². The highest BCUT2D eigenvalue weighted by Gasteiger charge is 1.99. The molecule has 0 spiro atoms. The third-order valence-corrected chi connectivity index (χ3v) is 2.03. The van der Waals surface area contributed by atoms with E-state index in [2.05, 4.69) is 12.2 Å². The highest BCUT2D eigenvalue weighted by molar-refractivity contribution is 5.75. The van der Waals surface area contributed by atoms with Crippen LogP contribution in [0.25, 0.3) is 0 Å². The molecule has 0 saturated heterocycles. The summed E-state index contributed by atoms with van der Waals surface area (Å²) in [6.45, 7) is 3.82. The molecule has 0 rings (SSSR count). The predicted octanol–water partition coefficient (Wildman–Crippen LogP) is 1.08. The summed E-state index contributed by atoms with van der Waals surface area (Å²) in [5, 5.41) is 11.3. The number of unbranched alkanes of at least 4 members (excludes halogenated alkanes) is 2. The topological polar surface area (TPSA) is 58.6 Å². The Kier molecular flexibility index (Phi) is 11.0. The van der Waals surface area contributed by atoms with Crippen LogP contribution in [0, 0.1) is 0 Å². The van der Waals surface area contributed by atoms with E-state index in [4.69, 9.17) is 9.84 Å². The molecule has 15 heavy (non-hydrogen) atoms. The summed E-state index contributed by atoms with van der Waals surface area (Å²) in [4.78, 5) is 11.2. The lowest BCUT2D eigenvalue weighted by Gasteiger charge is -2.05. The van der Waals surface area contributed by atoms with Crippen LogP contribution in [0.2, 0.25) is 0 Å². The molecule has 0 atom stereocenters. The van der Waals surface area contributed by atoms with E-state index in [9.17, 15) is 4.79 Å². The number of rotatable bonds is 10. The van der Waals surface area contributed by atoms with Gasteiger partial charge in [-0.05, 0) is 12.8 Å². The number of carbonyl (C=O) groups excluding carboxylic acids is 1. The van der Waals surface area contributed by atoms with Gasteiger partial charge in [0.2, 0.25) is 5.91 Å². The first-order valence-electron chi connectivity index (χ1n) is 5.76. The molecule has 4 heteroatoms. The molecule has 0 bridgehead atoms. The number of amides is 1. The van der Waals surface area contributed by atoms with Crippen molar-refractivity contribution in [3.63, 3.8) is 0 Å². The monoisotopic (exact) mass is 217 g/mol. The maximum atomic E-state index is 11.2. The van der Waals surface area contributed by atoms with Crippen molar-refractivity contribution in [3.8, 4) is 0 Å². The van der Waals surface area contributed by atoms with Gasteiger partial charge in [-0.15, -0.1) is 0 Å². The normalized spacial score (nSPS) is 10.3. The van der Waals surface area contributed by atoms with Crippen LogP contribution in [0.4, 0.5) is 0 Å². The number of hydrogen-bond acceptors (Lipinski definition) is 3. The van der Waals surface area contributed by atoms with E-state index in [1.165, 1.54) is 0 Å². The van der Waals surface area contributed by atoms with E-state index in [-0.39, 0.29) is 12.5 Å². The first-order valence-corrected chi connectivity index (χ1v) is 5.76. The molecular weight excluding hydrogens is 194 g/mol. The Labute approximate surface area is 92.0 Å². The second-order valence-electron chi connectivity index (χ2n) is 3.50. The van der Waals surface area contributed by atoms with Crippen molar-refractivity contribution in [2.45, 2.75) is 39.0 Å². The summed E-state index contributed by atoms with van der Waals surface area (Å²) >= 11 is 0. The van der Waals surface area contributed by atoms with Gasteiger partial charge in [0.15, 0.2) is 0 Å². The Morgan fingerprint density at radius 1 is 1.27 bits per heavy atom. The molecular formula is C11H23NO3. The van der Waals surface area contributed by atoms with E-state index in [0.717, 1.165) is 25.7 Å². The first kappa shape index (κ1) is 14.4. The summed E-state index contributed by atoms with van der Waals surface area (Å²) in [5.74, 6) is 0.130. The van der Waals surface area contributed by atoms with Gasteiger partial charge in [-0.2, -0.15) is 0 Å². The van der Waals surface area contributed by atoms with Gasteiger partial charge in [0, 0.05) is 19.6 Å². The summed E-state index contributed by atoms with van der Waals surface area (Å²) in [6, 6.07) is 0. The lowest BCUT2D eigenvalue weighted by molar-refractivity contribution is -0.121.